The first-order valence-electron chi connectivity index (χ1n) is 10.7. The number of nitrogens with two attached hydrogens (primary N) is 1. The fourth-order valence-corrected chi connectivity index (χ4v) is 3.10. The Morgan fingerprint density at radius 3 is 2.09 bits per heavy atom. The van der Waals surface area contributed by atoms with Crippen molar-refractivity contribution in [1.29, 1.82) is 0 Å². The number of aliphatic hydroxyl groups excluding tert-OH is 1. The standard InChI is InChI=1S/C22H30N6O6/c1-12(23)19(30)26-17(9-15-10-24-11-25-15)20(31)27-16(8-14-6-4-3-5-7-14)21(32)28-18(13(2)29)22(33)34/h3-7,10-13,16-18,29H,8-9,23H2,1-2H3,(H,24,25)(H,26,30)(H,27,31)(H,28,32)(H,33,34). The first-order valence-corrected chi connectivity index (χ1v) is 10.7. The summed E-state index contributed by atoms with van der Waals surface area (Å²) in [6.07, 6.45) is 1.64. The molecule has 0 radical (unpaired) electrons. The molecule has 0 aliphatic rings. The summed E-state index contributed by atoms with van der Waals surface area (Å²) < 4.78 is 0. The number of H-pyrrole nitrogens is 1. The number of carbonyl (C=O) groups is 4. The fraction of sp³-hybridized carbons (Fsp3) is 0.409. The van der Waals surface area contributed by atoms with Crippen molar-refractivity contribution in [3.63, 3.8) is 0 Å². The fourth-order valence-electron chi connectivity index (χ4n) is 3.10. The summed E-state index contributed by atoms with van der Waals surface area (Å²) in [6.45, 7) is 2.70. The van der Waals surface area contributed by atoms with Crippen molar-refractivity contribution >= 4 is 23.7 Å². The van der Waals surface area contributed by atoms with Crippen LogP contribution in [-0.2, 0) is 32.0 Å². The number of aromatic nitrogens is 2. The Morgan fingerprint density at radius 1 is 0.971 bits per heavy atom. The smallest absolute Gasteiger partial charge is 0.328 e. The summed E-state index contributed by atoms with van der Waals surface area (Å²) in [5, 5.41) is 26.4. The maximum absolute atomic E-state index is 13.1. The Kier molecular flexibility index (Phi) is 9.71. The Labute approximate surface area is 196 Å². The highest BCUT2D eigenvalue weighted by molar-refractivity contribution is 5.94. The first-order chi connectivity index (χ1) is 16.1. The van der Waals surface area contributed by atoms with Gasteiger partial charge in [-0.2, -0.15) is 0 Å². The quantitative estimate of drug-likeness (QED) is 0.192. The van der Waals surface area contributed by atoms with E-state index in [4.69, 9.17) is 5.73 Å². The highest BCUT2D eigenvalue weighted by Crippen LogP contribution is 2.07. The lowest BCUT2D eigenvalue weighted by Crippen LogP contribution is -2.59. The molecule has 0 saturated heterocycles. The van der Waals surface area contributed by atoms with E-state index in [2.05, 4.69) is 25.9 Å². The van der Waals surface area contributed by atoms with Gasteiger partial charge in [-0.15, -0.1) is 0 Å². The van der Waals surface area contributed by atoms with E-state index in [1.165, 1.54) is 26.4 Å². The van der Waals surface area contributed by atoms with Crippen LogP contribution in [0.5, 0.6) is 0 Å². The number of nitrogens with zero attached hydrogens (tertiary/aromatic N) is 1. The predicted octanol–water partition coefficient (Wildman–Crippen LogP) is -1.54. The van der Waals surface area contributed by atoms with Gasteiger partial charge in [-0.05, 0) is 19.4 Å². The molecule has 34 heavy (non-hydrogen) atoms. The third-order valence-electron chi connectivity index (χ3n) is 4.99. The Balaban J connectivity index is 2.26. The van der Waals surface area contributed by atoms with Gasteiger partial charge >= 0.3 is 5.97 Å². The summed E-state index contributed by atoms with van der Waals surface area (Å²) >= 11 is 0. The van der Waals surface area contributed by atoms with Crippen LogP contribution < -0.4 is 21.7 Å². The van der Waals surface area contributed by atoms with Gasteiger partial charge in [-0.1, -0.05) is 30.3 Å². The molecule has 0 aliphatic heterocycles. The minimum absolute atomic E-state index is 0.0442. The minimum Gasteiger partial charge on any atom is -0.480 e. The molecule has 12 heteroatoms. The van der Waals surface area contributed by atoms with Crippen molar-refractivity contribution in [2.75, 3.05) is 0 Å². The number of imidazole rings is 1. The number of amides is 3. The molecule has 3 amide bonds. The third kappa shape index (κ3) is 7.98. The number of rotatable bonds is 12. The largest absolute Gasteiger partial charge is 0.480 e. The van der Waals surface area contributed by atoms with Crippen molar-refractivity contribution in [2.45, 2.75) is 57.0 Å². The maximum Gasteiger partial charge on any atom is 0.328 e. The number of benzene rings is 1. The van der Waals surface area contributed by atoms with E-state index in [1.54, 1.807) is 30.3 Å². The van der Waals surface area contributed by atoms with Crippen LogP contribution >= 0.6 is 0 Å². The SMILES string of the molecule is CC(N)C(=O)NC(Cc1cnc[nH]1)C(=O)NC(Cc1ccccc1)C(=O)NC(C(=O)O)C(C)O. The molecule has 1 aromatic carbocycles. The van der Waals surface area contributed by atoms with E-state index < -0.39 is 54.0 Å². The molecule has 1 aromatic heterocycles. The van der Waals surface area contributed by atoms with Crippen LogP contribution in [0.15, 0.2) is 42.9 Å². The van der Waals surface area contributed by atoms with Crippen molar-refractivity contribution in [3.05, 3.63) is 54.1 Å². The molecule has 1 heterocycles. The number of hydrogen-bond acceptors (Lipinski definition) is 7. The molecule has 0 spiro atoms. The van der Waals surface area contributed by atoms with E-state index in [0.717, 1.165) is 0 Å². The lowest BCUT2D eigenvalue weighted by molar-refractivity contribution is -0.145. The monoisotopic (exact) mass is 474 g/mol. The number of carboxylic acid groups (broad SMARTS) is 1. The number of aliphatic hydroxyl groups is 1. The van der Waals surface area contributed by atoms with Crippen LogP contribution in [0.3, 0.4) is 0 Å². The molecule has 2 aromatic rings. The average molecular weight is 475 g/mol. The normalized spacial score (nSPS) is 15.3. The summed E-state index contributed by atoms with van der Waals surface area (Å²) in [4.78, 5) is 56.4. The zero-order valence-corrected chi connectivity index (χ0v) is 18.9. The molecule has 2 rings (SSSR count). The molecular weight excluding hydrogens is 444 g/mol. The summed E-state index contributed by atoms with van der Waals surface area (Å²) in [6, 6.07) is 4.08. The van der Waals surface area contributed by atoms with Crippen LogP contribution in [0, 0.1) is 0 Å². The van der Waals surface area contributed by atoms with Gasteiger partial charge in [0.2, 0.25) is 17.7 Å². The van der Waals surface area contributed by atoms with Gasteiger partial charge in [-0.25, -0.2) is 9.78 Å². The third-order valence-corrected chi connectivity index (χ3v) is 4.99. The van der Waals surface area contributed by atoms with Gasteiger partial charge in [0, 0.05) is 24.7 Å². The van der Waals surface area contributed by atoms with Crippen LogP contribution in [0.4, 0.5) is 0 Å². The van der Waals surface area contributed by atoms with Crippen molar-refractivity contribution in [3.8, 4) is 0 Å². The molecule has 5 atom stereocenters. The number of carboxylic acids is 1. The lowest BCUT2D eigenvalue weighted by atomic mass is 10.0. The van der Waals surface area contributed by atoms with Crippen molar-refractivity contribution in [1.82, 2.24) is 25.9 Å². The van der Waals surface area contributed by atoms with Gasteiger partial charge in [0.15, 0.2) is 6.04 Å². The lowest BCUT2D eigenvalue weighted by Gasteiger charge is -2.25. The zero-order valence-electron chi connectivity index (χ0n) is 18.9. The first kappa shape index (κ1) is 26.5. The van der Waals surface area contributed by atoms with Crippen LogP contribution in [-0.4, -0.2) is 74.1 Å². The molecule has 12 nitrogen and oxygen atoms in total. The molecule has 8 N–H and O–H groups in total. The predicted molar refractivity (Wildman–Crippen MR) is 121 cm³/mol. The molecule has 0 saturated carbocycles. The van der Waals surface area contributed by atoms with Crippen LogP contribution in [0.2, 0.25) is 0 Å². The number of aliphatic carboxylic acids is 1. The molecule has 5 unspecified atom stereocenters. The van der Waals surface area contributed by atoms with E-state index in [1.807, 2.05) is 0 Å². The van der Waals surface area contributed by atoms with Crippen molar-refractivity contribution < 1.29 is 29.4 Å². The van der Waals surface area contributed by atoms with Crippen molar-refractivity contribution in [2.24, 2.45) is 5.73 Å². The number of aromatic amines is 1. The summed E-state index contributed by atoms with van der Waals surface area (Å²) in [5.41, 5.74) is 6.88. The van der Waals surface area contributed by atoms with Gasteiger partial charge in [-0.3, -0.25) is 14.4 Å². The van der Waals surface area contributed by atoms with E-state index in [9.17, 15) is 29.4 Å². The van der Waals surface area contributed by atoms with Gasteiger partial charge in [0.05, 0.1) is 18.5 Å². The Hall–Kier alpha value is -3.77. The van der Waals surface area contributed by atoms with E-state index in [0.29, 0.717) is 11.3 Å². The topological polar surface area (TPSA) is 200 Å². The highest BCUT2D eigenvalue weighted by atomic mass is 16.4. The average Bonchev–Trinajstić information content (AvgIpc) is 3.29. The molecular formula is C22H30N6O6. The number of nitrogens with one attached hydrogen (secondary N) is 4. The zero-order chi connectivity index (χ0) is 25.3. The second-order valence-corrected chi connectivity index (χ2v) is 7.95. The highest BCUT2D eigenvalue weighted by Gasteiger charge is 2.32. The Morgan fingerprint density at radius 2 is 1.56 bits per heavy atom. The minimum atomic E-state index is -1.57. The second kappa shape index (κ2) is 12.5. The van der Waals surface area contributed by atoms with Gasteiger partial charge < -0.3 is 36.9 Å². The molecule has 184 valence electrons. The Bertz CT molecular complexity index is 964. The molecule has 0 bridgehead atoms. The number of hydrogen-bond donors (Lipinski definition) is 7. The second-order valence-electron chi connectivity index (χ2n) is 7.95. The summed E-state index contributed by atoms with van der Waals surface area (Å²) in [7, 11) is 0. The van der Waals surface area contributed by atoms with Crippen LogP contribution in [0.25, 0.3) is 0 Å². The number of carbonyl (C=O) groups excluding carboxylic acids is 3. The van der Waals surface area contributed by atoms with E-state index >= 15 is 0 Å². The maximum atomic E-state index is 13.1. The van der Waals surface area contributed by atoms with Crippen LogP contribution in [0.1, 0.15) is 25.1 Å². The van der Waals surface area contributed by atoms with E-state index in [-0.39, 0.29) is 12.8 Å². The molecule has 0 aliphatic carbocycles. The molecule has 0 fully saturated rings. The summed E-state index contributed by atoms with van der Waals surface area (Å²) in [5.74, 6) is -3.47. The van der Waals surface area contributed by atoms with Gasteiger partial charge in [0.1, 0.15) is 12.1 Å². The van der Waals surface area contributed by atoms with Gasteiger partial charge in [0.25, 0.3) is 0 Å².